The second-order valence-electron chi connectivity index (χ2n) is 5.77. The standard InChI is InChI=1S/C17H13Cl3N4O4S/c1-28-12-4-5-13(19)16(7-12)29(26,27)22-17(25)15-9-24(23-21-15)8-10-2-3-11(18)6-14(10)20/h2-7,9H,8H2,1H3,(H,22,25). The maximum Gasteiger partial charge on any atom is 0.287 e. The van der Waals surface area contributed by atoms with Crippen molar-refractivity contribution < 1.29 is 17.9 Å². The Morgan fingerprint density at radius 2 is 1.90 bits per heavy atom. The van der Waals surface area contributed by atoms with Gasteiger partial charge in [0.25, 0.3) is 15.9 Å². The molecule has 1 aromatic heterocycles. The summed E-state index contributed by atoms with van der Waals surface area (Å²) in [6, 6.07) is 9.01. The van der Waals surface area contributed by atoms with Crippen molar-refractivity contribution in [2.45, 2.75) is 11.4 Å². The Morgan fingerprint density at radius 3 is 2.59 bits per heavy atom. The molecule has 152 valence electrons. The number of methoxy groups -OCH3 is 1. The Bertz CT molecular complexity index is 1180. The number of ether oxygens (including phenoxy) is 1. The number of amides is 1. The average Bonchev–Trinajstić information content (AvgIpc) is 3.13. The van der Waals surface area contributed by atoms with Gasteiger partial charge in [-0.2, -0.15) is 0 Å². The lowest BCUT2D eigenvalue weighted by atomic mass is 10.2. The zero-order valence-corrected chi connectivity index (χ0v) is 17.8. The number of aromatic nitrogens is 3. The van der Waals surface area contributed by atoms with E-state index in [0.717, 1.165) is 0 Å². The molecule has 0 unspecified atom stereocenters. The van der Waals surface area contributed by atoms with E-state index in [-0.39, 0.29) is 27.9 Å². The maximum absolute atomic E-state index is 12.5. The van der Waals surface area contributed by atoms with E-state index < -0.39 is 15.9 Å². The van der Waals surface area contributed by atoms with Gasteiger partial charge >= 0.3 is 0 Å². The SMILES string of the molecule is COc1ccc(Cl)c(S(=O)(=O)NC(=O)c2cn(Cc3ccc(Cl)cc3Cl)nn2)c1. The molecule has 0 saturated carbocycles. The normalized spacial score (nSPS) is 11.3. The second kappa shape index (κ2) is 8.58. The minimum atomic E-state index is -4.26. The Labute approximate surface area is 181 Å². The summed E-state index contributed by atoms with van der Waals surface area (Å²) in [5.74, 6) is -0.689. The van der Waals surface area contributed by atoms with Crippen LogP contribution < -0.4 is 9.46 Å². The van der Waals surface area contributed by atoms with Crippen molar-refractivity contribution in [1.82, 2.24) is 19.7 Å². The molecule has 29 heavy (non-hydrogen) atoms. The number of hydrogen-bond donors (Lipinski definition) is 1. The zero-order valence-electron chi connectivity index (χ0n) is 14.8. The molecule has 1 amide bonds. The quantitative estimate of drug-likeness (QED) is 0.586. The molecule has 0 atom stereocenters. The number of hydrogen-bond acceptors (Lipinski definition) is 6. The fraction of sp³-hybridized carbons (Fsp3) is 0.118. The van der Waals surface area contributed by atoms with E-state index in [9.17, 15) is 13.2 Å². The summed E-state index contributed by atoms with van der Waals surface area (Å²) in [6.07, 6.45) is 1.29. The van der Waals surface area contributed by atoms with Crippen LogP contribution in [0.1, 0.15) is 16.1 Å². The Kier molecular flexibility index (Phi) is 6.33. The van der Waals surface area contributed by atoms with Crippen LogP contribution in [0.5, 0.6) is 5.75 Å². The van der Waals surface area contributed by atoms with E-state index in [1.54, 1.807) is 18.2 Å². The lowest BCUT2D eigenvalue weighted by Crippen LogP contribution is -2.31. The summed E-state index contributed by atoms with van der Waals surface area (Å²) in [7, 11) is -2.88. The highest BCUT2D eigenvalue weighted by Crippen LogP contribution is 2.26. The Hall–Kier alpha value is -2.33. The summed E-state index contributed by atoms with van der Waals surface area (Å²) in [5.41, 5.74) is 0.501. The molecule has 0 aliphatic carbocycles. The summed E-state index contributed by atoms with van der Waals surface area (Å²) in [4.78, 5) is 12.1. The van der Waals surface area contributed by atoms with Crippen LogP contribution in [0, 0.1) is 0 Å². The molecule has 1 N–H and O–H groups in total. The van der Waals surface area contributed by atoms with Gasteiger partial charge in [0.15, 0.2) is 5.69 Å². The predicted octanol–water partition coefficient (Wildman–Crippen LogP) is 3.41. The highest BCUT2D eigenvalue weighted by Gasteiger charge is 2.24. The molecular formula is C17H13Cl3N4O4S. The van der Waals surface area contributed by atoms with Gasteiger partial charge in [0.1, 0.15) is 10.6 Å². The van der Waals surface area contributed by atoms with Gasteiger partial charge < -0.3 is 4.74 Å². The van der Waals surface area contributed by atoms with Gasteiger partial charge in [-0.1, -0.05) is 46.1 Å². The number of nitrogens with one attached hydrogen (secondary N) is 1. The first-order valence-corrected chi connectivity index (χ1v) is 10.6. The van der Waals surface area contributed by atoms with Gasteiger partial charge in [-0.15, -0.1) is 5.10 Å². The molecule has 0 aliphatic heterocycles. The molecule has 3 aromatic rings. The van der Waals surface area contributed by atoms with Gasteiger partial charge in [0.2, 0.25) is 0 Å². The Balaban J connectivity index is 1.78. The number of benzene rings is 2. The van der Waals surface area contributed by atoms with Gasteiger partial charge in [-0.05, 0) is 29.8 Å². The average molecular weight is 476 g/mol. The number of sulfonamides is 1. The van der Waals surface area contributed by atoms with Crippen molar-refractivity contribution in [3.8, 4) is 5.75 Å². The monoisotopic (exact) mass is 474 g/mol. The van der Waals surface area contributed by atoms with Crippen LogP contribution in [0.3, 0.4) is 0 Å². The second-order valence-corrected chi connectivity index (χ2v) is 8.67. The van der Waals surface area contributed by atoms with Crippen LogP contribution in [-0.2, 0) is 16.6 Å². The minimum Gasteiger partial charge on any atom is -0.497 e. The van der Waals surface area contributed by atoms with Crippen LogP contribution in [0.2, 0.25) is 15.1 Å². The first-order chi connectivity index (χ1) is 13.7. The maximum atomic E-state index is 12.5. The number of nitrogens with zero attached hydrogens (tertiary/aromatic N) is 3. The molecule has 0 bridgehead atoms. The summed E-state index contributed by atoms with van der Waals surface area (Å²) < 4.78 is 33.3. The van der Waals surface area contributed by atoms with Gasteiger partial charge in [0.05, 0.1) is 24.9 Å². The number of carbonyl (C=O) groups excluding carboxylic acids is 1. The van der Waals surface area contributed by atoms with Gasteiger partial charge in [-0.3, -0.25) is 4.79 Å². The van der Waals surface area contributed by atoms with Gasteiger partial charge in [-0.25, -0.2) is 17.8 Å². The third-order valence-corrected chi connectivity index (χ3v) is 6.17. The highest BCUT2D eigenvalue weighted by atomic mass is 35.5. The lowest BCUT2D eigenvalue weighted by Gasteiger charge is -2.09. The van der Waals surface area contributed by atoms with E-state index in [4.69, 9.17) is 39.5 Å². The van der Waals surface area contributed by atoms with Crippen molar-refractivity contribution >= 4 is 50.7 Å². The van der Waals surface area contributed by atoms with E-state index in [2.05, 4.69) is 10.3 Å². The van der Waals surface area contributed by atoms with E-state index >= 15 is 0 Å². The summed E-state index contributed by atoms with van der Waals surface area (Å²) in [6.45, 7) is 0.213. The molecule has 0 aliphatic rings. The zero-order chi connectivity index (χ0) is 21.2. The van der Waals surface area contributed by atoms with Crippen LogP contribution in [0.25, 0.3) is 0 Å². The van der Waals surface area contributed by atoms with Gasteiger partial charge in [0, 0.05) is 16.1 Å². The fourth-order valence-electron chi connectivity index (χ4n) is 2.35. The molecule has 8 nitrogen and oxygen atoms in total. The third kappa shape index (κ3) is 4.99. The van der Waals surface area contributed by atoms with Crippen LogP contribution >= 0.6 is 34.8 Å². The number of rotatable bonds is 6. The van der Waals surface area contributed by atoms with E-state index in [1.165, 1.54) is 36.2 Å². The molecule has 3 rings (SSSR count). The molecular weight excluding hydrogens is 463 g/mol. The van der Waals surface area contributed by atoms with Crippen molar-refractivity contribution in [1.29, 1.82) is 0 Å². The minimum absolute atomic E-state index is 0.0628. The molecule has 0 spiro atoms. The van der Waals surface area contributed by atoms with Crippen molar-refractivity contribution in [3.05, 3.63) is 68.9 Å². The van der Waals surface area contributed by atoms with Crippen molar-refractivity contribution in [3.63, 3.8) is 0 Å². The topological polar surface area (TPSA) is 103 Å². The molecule has 2 aromatic carbocycles. The lowest BCUT2D eigenvalue weighted by molar-refractivity contribution is 0.0976. The third-order valence-electron chi connectivity index (χ3n) is 3.77. The van der Waals surface area contributed by atoms with E-state index in [1.807, 2.05) is 4.72 Å². The summed E-state index contributed by atoms with van der Waals surface area (Å²) in [5, 5.41) is 8.37. The first kappa shape index (κ1) is 21.4. The molecule has 0 radical (unpaired) electrons. The summed E-state index contributed by atoms with van der Waals surface area (Å²) >= 11 is 17.9. The predicted molar refractivity (Wildman–Crippen MR) is 108 cm³/mol. The smallest absolute Gasteiger partial charge is 0.287 e. The van der Waals surface area contributed by atoms with Crippen molar-refractivity contribution in [2.75, 3.05) is 7.11 Å². The highest BCUT2D eigenvalue weighted by molar-refractivity contribution is 7.90. The first-order valence-electron chi connectivity index (χ1n) is 7.94. The molecule has 0 saturated heterocycles. The number of carbonyl (C=O) groups is 1. The Morgan fingerprint density at radius 1 is 1.14 bits per heavy atom. The number of halogens is 3. The molecule has 1 heterocycles. The van der Waals surface area contributed by atoms with Crippen LogP contribution in [-0.4, -0.2) is 36.4 Å². The van der Waals surface area contributed by atoms with Crippen LogP contribution in [0.4, 0.5) is 0 Å². The van der Waals surface area contributed by atoms with Crippen molar-refractivity contribution in [2.24, 2.45) is 0 Å². The van der Waals surface area contributed by atoms with E-state index in [0.29, 0.717) is 15.6 Å². The van der Waals surface area contributed by atoms with Crippen LogP contribution in [0.15, 0.2) is 47.5 Å². The fourth-order valence-corrected chi connectivity index (χ4v) is 4.30. The molecule has 12 heteroatoms. The molecule has 0 fully saturated rings. The largest absolute Gasteiger partial charge is 0.497 e.